The van der Waals surface area contributed by atoms with Crippen LogP contribution in [0.25, 0.3) is 0 Å². The summed E-state index contributed by atoms with van der Waals surface area (Å²) in [6.45, 7) is 0. The zero-order valence-corrected chi connectivity index (χ0v) is 6.85. The minimum atomic E-state index is -0.600. The number of pyridine rings is 1. The fourth-order valence-electron chi connectivity index (χ4n) is 0.552. The van der Waals surface area contributed by atoms with E-state index in [1.54, 1.807) is 6.07 Å². The van der Waals surface area contributed by atoms with Gasteiger partial charge < -0.3 is 4.74 Å². The molecule has 0 radical (unpaired) electrons. The SMILES string of the molecule is COc1ccc(Br)nc1F. The minimum absolute atomic E-state index is 0.156. The van der Waals surface area contributed by atoms with Crippen molar-refractivity contribution in [2.24, 2.45) is 0 Å². The second-order valence-electron chi connectivity index (χ2n) is 1.63. The van der Waals surface area contributed by atoms with Gasteiger partial charge in [0.25, 0.3) is 5.95 Å². The molecule has 1 heterocycles. The Labute approximate surface area is 66.2 Å². The summed E-state index contributed by atoms with van der Waals surface area (Å²) in [5.41, 5.74) is 0. The predicted octanol–water partition coefficient (Wildman–Crippen LogP) is 1.99. The summed E-state index contributed by atoms with van der Waals surface area (Å²) in [6.07, 6.45) is 0. The number of nitrogens with zero attached hydrogens (tertiary/aromatic N) is 1. The zero-order valence-electron chi connectivity index (χ0n) is 5.27. The first-order valence-corrected chi connectivity index (χ1v) is 3.39. The summed E-state index contributed by atoms with van der Waals surface area (Å²) < 4.78 is 17.7. The summed E-state index contributed by atoms with van der Waals surface area (Å²) in [6, 6.07) is 3.12. The van der Waals surface area contributed by atoms with E-state index in [-0.39, 0.29) is 5.75 Å². The van der Waals surface area contributed by atoms with E-state index in [2.05, 4.69) is 25.7 Å². The Morgan fingerprint density at radius 1 is 1.60 bits per heavy atom. The van der Waals surface area contributed by atoms with Crippen molar-refractivity contribution in [2.75, 3.05) is 7.11 Å². The molecule has 0 atom stereocenters. The van der Waals surface area contributed by atoms with Crippen LogP contribution in [0.4, 0.5) is 4.39 Å². The van der Waals surface area contributed by atoms with Crippen LogP contribution >= 0.6 is 15.9 Å². The number of aromatic nitrogens is 1. The molecular formula is C6H5BrFNO. The lowest BCUT2D eigenvalue weighted by Gasteiger charge is -1.98. The Balaban J connectivity index is 3.07. The Hall–Kier alpha value is -0.640. The van der Waals surface area contributed by atoms with E-state index in [0.29, 0.717) is 4.60 Å². The standard InChI is InChI=1S/C6H5BrFNO/c1-10-4-2-3-5(7)9-6(4)8/h2-3H,1H3. The third kappa shape index (κ3) is 1.44. The van der Waals surface area contributed by atoms with Gasteiger partial charge in [0, 0.05) is 0 Å². The number of hydrogen-bond donors (Lipinski definition) is 0. The normalized spacial score (nSPS) is 9.50. The maximum absolute atomic E-state index is 12.6. The molecule has 0 unspecified atom stereocenters. The number of rotatable bonds is 1. The van der Waals surface area contributed by atoms with Crippen molar-refractivity contribution < 1.29 is 9.13 Å². The van der Waals surface area contributed by atoms with Crippen molar-refractivity contribution >= 4 is 15.9 Å². The Bertz CT molecular complexity index is 241. The van der Waals surface area contributed by atoms with Gasteiger partial charge >= 0.3 is 0 Å². The fourth-order valence-corrected chi connectivity index (χ4v) is 0.839. The third-order valence-corrected chi connectivity index (χ3v) is 1.44. The van der Waals surface area contributed by atoms with E-state index >= 15 is 0 Å². The highest BCUT2D eigenvalue weighted by Gasteiger charge is 2.01. The first kappa shape index (κ1) is 7.47. The summed E-state index contributed by atoms with van der Waals surface area (Å²) in [7, 11) is 1.40. The Kier molecular flexibility index (Phi) is 2.21. The fraction of sp³-hybridized carbons (Fsp3) is 0.167. The Morgan fingerprint density at radius 3 is 2.80 bits per heavy atom. The van der Waals surface area contributed by atoms with E-state index in [1.165, 1.54) is 13.2 Å². The number of methoxy groups -OCH3 is 1. The molecule has 0 saturated heterocycles. The van der Waals surface area contributed by atoms with Gasteiger partial charge in [0.05, 0.1) is 7.11 Å². The van der Waals surface area contributed by atoms with E-state index in [0.717, 1.165) is 0 Å². The predicted molar refractivity (Wildman–Crippen MR) is 38.4 cm³/mol. The van der Waals surface area contributed by atoms with Gasteiger partial charge in [-0.15, -0.1) is 0 Å². The van der Waals surface area contributed by atoms with Gasteiger partial charge in [0.15, 0.2) is 5.75 Å². The molecule has 0 saturated carbocycles. The monoisotopic (exact) mass is 205 g/mol. The molecule has 0 aliphatic heterocycles. The molecule has 0 aromatic carbocycles. The summed E-state index contributed by atoms with van der Waals surface area (Å²) in [5.74, 6) is -0.444. The third-order valence-electron chi connectivity index (χ3n) is 1.00. The van der Waals surface area contributed by atoms with Crippen molar-refractivity contribution in [2.45, 2.75) is 0 Å². The van der Waals surface area contributed by atoms with E-state index in [1.807, 2.05) is 0 Å². The highest BCUT2D eigenvalue weighted by molar-refractivity contribution is 9.10. The molecule has 10 heavy (non-hydrogen) atoms. The molecule has 0 aliphatic rings. The smallest absolute Gasteiger partial charge is 0.256 e. The molecule has 1 aromatic rings. The van der Waals surface area contributed by atoms with Crippen LogP contribution in [0.3, 0.4) is 0 Å². The van der Waals surface area contributed by atoms with Gasteiger partial charge in [0.2, 0.25) is 0 Å². The van der Waals surface area contributed by atoms with Gasteiger partial charge in [-0.1, -0.05) is 0 Å². The lowest BCUT2D eigenvalue weighted by Crippen LogP contribution is -1.90. The van der Waals surface area contributed by atoms with Crippen molar-refractivity contribution in [3.05, 3.63) is 22.7 Å². The maximum atomic E-state index is 12.6. The quantitative estimate of drug-likeness (QED) is 0.655. The zero-order chi connectivity index (χ0) is 7.56. The molecule has 2 nitrogen and oxygen atoms in total. The van der Waals surface area contributed by atoms with Crippen LogP contribution < -0.4 is 4.74 Å². The summed E-state index contributed by atoms with van der Waals surface area (Å²) in [4.78, 5) is 3.47. The molecule has 0 spiro atoms. The topological polar surface area (TPSA) is 22.1 Å². The highest BCUT2D eigenvalue weighted by atomic mass is 79.9. The lowest BCUT2D eigenvalue weighted by molar-refractivity contribution is 0.377. The van der Waals surface area contributed by atoms with Crippen LogP contribution in [0.15, 0.2) is 16.7 Å². The molecule has 0 aliphatic carbocycles. The average molecular weight is 206 g/mol. The first-order valence-electron chi connectivity index (χ1n) is 2.60. The largest absolute Gasteiger partial charge is 0.492 e. The maximum Gasteiger partial charge on any atom is 0.256 e. The molecule has 0 bridgehead atoms. The first-order chi connectivity index (χ1) is 4.74. The molecule has 1 rings (SSSR count). The van der Waals surface area contributed by atoms with E-state index in [4.69, 9.17) is 0 Å². The summed E-state index contributed by atoms with van der Waals surface area (Å²) >= 11 is 3.02. The van der Waals surface area contributed by atoms with E-state index < -0.39 is 5.95 Å². The van der Waals surface area contributed by atoms with Crippen LogP contribution in [0.1, 0.15) is 0 Å². The molecular weight excluding hydrogens is 201 g/mol. The van der Waals surface area contributed by atoms with Gasteiger partial charge in [-0.2, -0.15) is 4.39 Å². The lowest BCUT2D eigenvalue weighted by atomic mass is 10.4. The van der Waals surface area contributed by atoms with E-state index in [9.17, 15) is 4.39 Å². The van der Waals surface area contributed by atoms with Crippen LogP contribution in [-0.2, 0) is 0 Å². The van der Waals surface area contributed by atoms with Crippen LogP contribution in [-0.4, -0.2) is 12.1 Å². The Morgan fingerprint density at radius 2 is 2.30 bits per heavy atom. The molecule has 0 amide bonds. The second kappa shape index (κ2) is 2.96. The number of hydrogen-bond acceptors (Lipinski definition) is 2. The minimum Gasteiger partial charge on any atom is -0.492 e. The van der Waals surface area contributed by atoms with Gasteiger partial charge in [-0.25, -0.2) is 4.98 Å². The average Bonchev–Trinajstić information content (AvgIpc) is 1.88. The molecule has 4 heteroatoms. The molecule has 0 fully saturated rings. The van der Waals surface area contributed by atoms with Gasteiger partial charge in [-0.05, 0) is 28.1 Å². The number of halogens is 2. The second-order valence-corrected chi connectivity index (χ2v) is 2.44. The van der Waals surface area contributed by atoms with Crippen LogP contribution in [0.5, 0.6) is 5.75 Å². The molecule has 0 N–H and O–H groups in total. The van der Waals surface area contributed by atoms with Crippen LogP contribution in [0, 0.1) is 5.95 Å². The van der Waals surface area contributed by atoms with Gasteiger partial charge in [-0.3, -0.25) is 0 Å². The molecule has 1 aromatic heterocycles. The van der Waals surface area contributed by atoms with Crippen molar-refractivity contribution in [3.63, 3.8) is 0 Å². The van der Waals surface area contributed by atoms with Crippen LogP contribution in [0.2, 0.25) is 0 Å². The molecule has 54 valence electrons. The van der Waals surface area contributed by atoms with Crippen molar-refractivity contribution in [1.82, 2.24) is 4.98 Å². The highest BCUT2D eigenvalue weighted by Crippen LogP contribution is 2.16. The van der Waals surface area contributed by atoms with Gasteiger partial charge in [0.1, 0.15) is 4.60 Å². The summed E-state index contributed by atoms with van der Waals surface area (Å²) in [5, 5.41) is 0. The number of ether oxygens (including phenoxy) is 1. The van der Waals surface area contributed by atoms with Crippen molar-refractivity contribution in [3.8, 4) is 5.75 Å². The van der Waals surface area contributed by atoms with Crippen molar-refractivity contribution in [1.29, 1.82) is 0 Å².